The lowest BCUT2D eigenvalue weighted by Crippen LogP contribution is -1.94. The number of rotatable bonds is 3. The maximum atomic E-state index is 5.26. The normalized spacial score (nSPS) is 11.3. The average Bonchev–Trinajstić information content (AvgIpc) is 2.40. The van der Waals surface area contributed by atoms with E-state index in [9.17, 15) is 0 Å². The van der Waals surface area contributed by atoms with Crippen LogP contribution in [0.4, 0.5) is 5.69 Å². The van der Waals surface area contributed by atoms with Crippen molar-refractivity contribution in [2.45, 2.75) is 6.92 Å². The number of pyridine rings is 1. The third-order valence-corrected chi connectivity index (χ3v) is 2.47. The van der Waals surface area contributed by atoms with Gasteiger partial charge in [-0.1, -0.05) is 12.1 Å². The summed E-state index contributed by atoms with van der Waals surface area (Å²) in [5, 5.41) is 0. The standard InChI is InChI=1S/C14H14N2O/c1-11(12-7-9-15-10-8-12)16-13-5-3-4-6-14(13)17-2/h3-10H,1-2H3. The molecule has 86 valence electrons. The lowest BCUT2D eigenvalue weighted by molar-refractivity contribution is 0.416. The molecule has 0 atom stereocenters. The molecule has 3 heteroatoms. The SMILES string of the molecule is COc1ccccc1N=C(C)c1ccncc1. The summed E-state index contributed by atoms with van der Waals surface area (Å²) in [7, 11) is 1.65. The van der Waals surface area contributed by atoms with E-state index >= 15 is 0 Å². The van der Waals surface area contributed by atoms with Crippen LogP contribution in [0.15, 0.2) is 53.8 Å². The largest absolute Gasteiger partial charge is 0.494 e. The molecule has 3 nitrogen and oxygen atoms in total. The Labute approximate surface area is 101 Å². The van der Waals surface area contributed by atoms with Gasteiger partial charge in [-0.15, -0.1) is 0 Å². The highest BCUT2D eigenvalue weighted by Gasteiger charge is 2.01. The van der Waals surface area contributed by atoms with E-state index in [1.807, 2.05) is 43.3 Å². The summed E-state index contributed by atoms with van der Waals surface area (Å²) in [5.74, 6) is 0.779. The second-order valence-corrected chi connectivity index (χ2v) is 3.60. The molecule has 1 aromatic carbocycles. The molecular formula is C14H14N2O. The Morgan fingerprint density at radius 3 is 2.53 bits per heavy atom. The molecule has 1 aromatic heterocycles. The summed E-state index contributed by atoms with van der Waals surface area (Å²) < 4.78 is 5.26. The van der Waals surface area contributed by atoms with Gasteiger partial charge in [0.2, 0.25) is 0 Å². The van der Waals surface area contributed by atoms with E-state index in [1.165, 1.54) is 0 Å². The fourth-order valence-corrected chi connectivity index (χ4v) is 1.56. The number of para-hydroxylation sites is 2. The van der Waals surface area contributed by atoms with E-state index < -0.39 is 0 Å². The second-order valence-electron chi connectivity index (χ2n) is 3.60. The predicted octanol–water partition coefficient (Wildman–Crippen LogP) is 3.23. The molecule has 0 amide bonds. The predicted molar refractivity (Wildman–Crippen MR) is 69.1 cm³/mol. The van der Waals surface area contributed by atoms with Gasteiger partial charge in [0.25, 0.3) is 0 Å². The zero-order chi connectivity index (χ0) is 12.1. The Balaban J connectivity index is 2.36. The maximum Gasteiger partial charge on any atom is 0.144 e. The molecule has 0 N–H and O–H groups in total. The Hall–Kier alpha value is -2.16. The van der Waals surface area contributed by atoms with E-state index in [1.54, 1.807) is 19.5 Å². The van der Waals surface area contributed by atoms with Crippen molar-refractivity contribution >= 4 is 11.4 Å². The molecule has 0 saturated carbocycles. The zero-order valence-corrected chi connectivity index (χ0v) is 9.92. The molecule has 1 heterocycles. The Morgan fingerprint density at radius 2 is 1.82 bits per heavy atom. The van der Waals surface area contributed by atoms with Gasteiger partial charge in [-0.3, -0.25) is 4.98 Å². The molecule has 0 bridgehead atoms. The van der Waals surface area contributed by atoms with E-state index in [4.69, 9.17) is 4.74 Å². The lowest BCUT2D eigenvalue weighted by atomic mass is 10.2. The first kappa shape index (κ1) is 11.3. The first-order valence-corrected chi connectivity index (χ1v) is 5.40. The molecule has 0 unspecified atom stereocenters. The van der Waals surface area contributed by atoms with Crippen LogP contribution in [0.2, 0.25) is 0 Å². The van der Waals surface area contributed by atoms with E-state index in [0.29, 0.717) is 0 Å². The molecule has 17 heavy (non-hydrogen) atoms. The number of benzene rings is 1. The molecule has 2 aromatic rings. The number of aromatic nitrogens is 1. The van der Waals surface area contributed by atoms with Gasteiger partial charge in [0.05, 0.1) is 7.11 Å². The van der Waals surface area contributed by atoms with Crippen molar-refractivity contribution in [1.29, 1.82) is 0 Å². The molecule has 2 rings (SSSR count). The number of hydrogen-bond acceptors (Lipinski definition) is 3. The summed E-state index contributed by atoms with van der Waals surface area (Å²) in [6.07, 6.45) is 3.52. The molecule has 0 radical (unpaired) electrons. The minimum atomic E-state index is 0.779. The van der Waals surface area contributed by atoms with Crippen molar-refractivity contribution in [3.63, 3.8) is 0 Å². The van der Waals surface area contributed by atoms with Crippen molar-refractivity contribution in [2.24, 2.45) is 4.99 Å². The van der Waals surface area contributed by atoms with Crippen LogP contribution in [-0.2, 0) is 0 Å². The van der Waals surface area contributed by atoms with Gasteiger partial charge in [-0.2, -0.15) is 0 Å². The van der Waals surface area contributed by atoms with Gasteiger partial charge in [0, 0.05) is 18.1 Å². The third-order valence-electron chi connectivity index (χ3n) is 2.47. The molecule has 0 aliphatic rings. The quantitative estimate of drug-likeness (QED) is 0.753. The smallest absolute Gasteiger partial charge is 0.144 e. The fraction of sp³-hybridized carbons (Fsp3) is 0.143. The maximum absolute atomic E-state index is 5.26. The first-order valence-electron chi connectivity index (χ1n) is 5.40. The number of methoxy groups -OCH3 is 1. The van der Waals surface area contributed by atoms with Crippen LogP contribution in [0.5, 0.6) is 5.75 Å². The van der Waals surface area contributed by atoms with Crippen molar-refractivity contribution in [3.05, 3.63) is 54.4 Å². The van der Waals surface area contributed by atoms with Crippen molar-refractivity contribution < 1.29 is 4.74 Å². The number of aliphatic imine (C=N–C) groups is 1. The topological polar surface area (TPSA) is 34.5 Å². The van der Waals surface area contributed by atoms with E-state index in [-0.39, 0.29) is 0 Å². The molecule has 0 saturated heterocycles. The van der Waals surface area contributed by atoms with Gasteiger partial charge >= 0.3 is 0 Å². The van der Waals surface area contributed by atoms with Crippen molar-refractivity contribution in [2.75, 3.05) is 7.11 Å². The van der Waals surface area contributed by atoms with E-state index in [0.717, 1.165) is 22.7 Å². The molecular weight excluding hydrogens is 212 g/mol. The third kappa shape index (κ3) is 2.69. The highest BCUT2D eigenvalue weighted by molar-refractivity contribution is 6.00. The summed E-state index contributed by atoms with van der Waals surface area (Å²) >= 11 is 0. The van der Waals surface area contributed by atoms with E-state index in [2.05, 4.69) is 9.98 Å². The minimum absolute atomic E-state index is 0.779. The molecule has 0 fully saturated rings. The fourth-order valence-electron chi connectivity index (χ4n) is 1.56. The molecule has 0 aliphatic carbocycles. The summed E-state index contributed by atoms with van der Waals surface area (Å²) in [4.78, 5) is 8.55. The van der Waals surface area contributed by atoms with Crippen LogP contribution < -0.4 is 4.74 Å². The van der Waals surface area contributed by atoms with Gasteiger partial charge in [-0.05, 0) is 36.8 Å². The van der Waals surface area contributed by atoms with Gasteiger partial charge < -0.3 is 4.74 Å². The number of nitrogens with zero attached hydrogens (tertiary/aromatic N) is 2. The number of hydrogen-bond donors (Lipinski definition) is 0. The Bertz CT molecular complexity index is 521. The Kier molecular flexibility index (Phi) is 3.50. The zero-order valence-electron chi connectivity index (χ0n) is 9.92. The summed E-state index contributed by atoms with van der Waals surface area (Å²) in [6.45, 7) is 1.97. The van der Waals surface area contributed by atoms with Gasteiger partial charge in [0.1, 0.15) is 11.4 Å². The van der Waals surface area contributed by atoms with Crippen LogP contribution in [0.25, 0.3) is 0 Å². The van der Waals surface area contributed by atoms with Crippen LogP contribution >= 0.6 is 0 Å². The first-order chi connectivity index (χ1) is 8.31. The summed E-state index contributed by atoms with van der Waals surface area (Å²) in [6, 6.07) is 11.6. The average molecular weight is 226 g/mol. The lowest BCUT2D eigenvalue weighted by Gasteiger charge is -2.05. The van der Waals surface area contributed by atoms with Crippen molar-refractivity contribution in [3.8, 4) is 5.75 Å². The van der Waals surface area contributed by atoms with Gasteiger partial charge in [-0.25, -0.2) is 4.99 Å². The highest BCUT2D eigenvalue weighted by atomic mass is 16.5. The van der Waals surface area contributed by atoms with Crippen molar-refractivity contribution in [1.82, 2.24) is 4.98 Å². The van der Waals surface area contributed by atoms with Crippen LogP contribution in [0.1, 0.15) is 12.5 Å². The van der Waals surface area contributed by atoms with Crippen LogP contribution in [-0.4, -0.2) is 17.8 Å². The van der Waals surface area contributed by atoms with Gasteiger partial charge in [0.15, 0.2) is 0 Å². The second kappa shape index (κ2) is 5.25. The van der Waals surface area contributed by atoms with Crippen LogP contribution in [0, 0.1) is 0 Å². The monoisotopic (exact) mass is 226 g/mol. The molecule has 0 spiro atoms. The van der Waals surface area contributed by atoms with Crippen LogP contribution in [0.3, 0.4) is 0 Å². The Morgan fingerprint density at radius 1 is 1.12 bits per heavy atom. The minimum Gasteiger partial charge on any atom is -0.494 e. The molecule has 0 aliphatic heterocycles. The summed E-state index contributed by atoms with van der Waals surface area (Å²) in [5.41, 5.74) is 2.84. The highest BCUT2D eigenvalue weighted by Crippen LogP contribution is 2.26. The number of ether oxygens (including phenoxy) is 1.